The van der Waals surface area contributed by atoms with Crippen molar-refractivity contribution in [1.29, 1.82) is 5.26 Å². The van der Waals surface area contributed by atoms with Crippen LogP contribution in [0.5, 0.6) is 0 Å². The molecular weight excluding hydrogens is 248 g/mol. The molecule has 4 nitrogen and oxygen atoms in total. The first-order valence-corrected chi connectivity index (χ1v) is 7.02. The van der Waals surface area contributed by atoms with Crippen LogP contribution in [0, 0.1) is 18.3 Å². The summed E-state index contributed by atoms with van der Waals surface area (Å²) in [5, 5.41) is 20.7. The quantitative estimate of drug-likeness (QED) is 0.773. The van der Waals surface area contributed by atoms with E-state index in [1.165, 1.54) is 22.4 Å². The molecule has 1 aromatic heterocycles. The Bertz CT molecular complexity index is 617. The van der Waals surface area contributed by atoms with Gasteiger partial charge in [0.05, 0.1) is 15.8 Å². The lowest BCUT2D eigenvalue weighted by Gasteiger charge is -2.34. The predicted octanol–water partition coefficient (Wildman–Crippen LogP) is 1.72. The highest BCUT2D eigenvalue weighted by atomic mass is 32.2. The number of hydrogen-bond donors (Lipinski definition) is 1. The second-order valence-electron chi connectivity index (χ2n) is 5.02. The second kappa shape index (κ2) is 3.87. The molecule has 1 aliphatic carbocycles. The van der Waals surface area contributed by atoms with E-state index in [1.54, 1.807) is 6.92 Å². The molecule has 1 saturated carbocycles. The zero-order chi connectivity index (χ0) is 12.9. The van der Waals surface area contributed by atoms with E-state index in [9.17, 15) is 15.2 Å². The van der Waals surface area contributed by atoms with E-state index >= 15 is 0 Å². The van der Waals surface area contributed by atoms with Gasteiger partial charge in [-0.1, -0.05) is 18.2 Å². The lowest BCUT2D eigenvalue weighted by atomic mass is 9.90. The third-order valence-electron chi connectivity index (χ3n) is 3.90. The molecular formula is C13H14N2O2S. The fraction of sp³-hybridized carbons (Fsp3) is 0.538. The van der Waals surface area contributed by atoms with Gasteiger partial charge in [-0.25, -0.2) is 0 Å². The minimum Gasteiger partial charge on any atom is -0.369 e. The van der Waals surface area contributed by atoms with E-state index in [0.29, 0.717) is 22.6 Å². The first kappa shape index (κ1) is 11.8. The van der Waals surface area contributed by atoms with E-state index in [1.807, 2.05) is 0 Å². The number of aryl methyl sites for hydroxylation is 1. The van der Waals surface area contributed by atoms with Crippen LogP contribution in [0.2, 0.25) is 0 Å². The Kier molecular flexibility index (Phi) is 2.54. The van der Waals surface area contributed by atoms with Crippen molar-refractivity contribution < 1.29 is 5.11 Å². The van der Waals surface area contributed by atoms with Gasteiger partial charge in [0.2, 0.25) is 0 Å². The van der Waals surface area contributed by atoms with Crippen molar-refractivity contribution in [2.24, 2.45) is 0 Å². The Labute approximate surface area is 109 Å². The lowest BCUT2D eigenvalue weighted by molar-refractivity contribution is -0.0654. The van der Waals surface area contributed by atoms with E-state index in [-0.39, 0.29) is 10.8 Å². The van der Waals surface area contributed by atoms with Crippen LogP contribution >= 0.6 is 11.8 Å². The third-order valence-corrected chi connectivity index (χ3v) is 5.41. The molecule has 1 fully saturated rings. The minimum absolute atomic E-state index is 0.00727. The van der Waals surface area contributed by atoms with Crippen LogP contribution < -0.4 is 5.56 Å². The van der Waals surface area contributed by atoms with Crippen molar-refractivity contribution >= 4 is 11.8 Å². The second-order valence-corrected chi connectivity index (χ2v) is 6.22. The minimum atomic E-state index is -1.09. The van der Waals surface area contributed by atoms with Crippen molar-refractivity contribution in [3.8, 4) is 6.07 Å². The molecule has 0 spiro atoms. The van der Waals surface area contributed by atoms with Crippen LogP contribution in [0.15, 0.2) is 15.9 Å². The average Bonchev–Trinajstić information content (AvgIpc) is 2.62. The van der Waals surface area contributed by atoms with Crippen LogP contribution in [0.4, 0.5) is 0 Å². The highest BCUT2D eigenvalue weighted by molar-refractivity contribution is 8.00. The molecule has 0 radical (unpaired) electrons. The standard InChI is InChI=1S/C13H14N2O2S/c1-8-6-11(16)15-12(9(8)7-14)18-10-4-2-3-5-13(10,15)17/h6,10,17H,2-5H2,1H3/t10-,13+/m1/s1. The number of hydrogen-bond acceptors (Lipinski definition) is 4. The molecule has 1 aromatic rings. The molecule has 5 heteroatoms. The highest BCUT2D eigenvalue weighted by Gasteiger charge is 2.49. The SMILES string of the molecule is Cc1cc(=O)n2c(c1C#N)S[C@@H]1CCCC[C@]12O. The lowest BCUT2D eigenvalue weighted by Crippen LogP contribution is -2.46. The predicted molar refractivity (Wildman–Crippen MR) is 68.5 cm³/mol. The monoisotopic (exact) mass is 262 g/mol. The summed E-state index contributed by atoms with van der Waals surface area (Å²) >= 11 is 1.49. The first-order chi connectivity index (χ1) is 8.58. The number of nitrogens with zero attached hydrogens (tertiary/aromatic N) is 2. The number of fused-ring (bicyclic) bond motifs is 3. The number of aliphatic hydroxyl groups is 1. The number of thioether (sulfide) groups is 1. The van der Waals surface area contributed by atoms with Crippen LogP contribution in [0.3, 0.4) is 0 Å². The fourth-order valence-electron chi connectivity index (χ4n) is 2.97. The molecule has 0 aromatic carbocycles. The fourth-order valence-corrected chi connectivity index (χ4v) is 4.61. The van der Waals surface area contributed by atoms with Gasteiger partial charge in [-0.05, 0) is 31.7 Å². The van der Waals surface area contributed by atoms with Crippen LogP contribution in [0.25, 0.3) is 0 Å². The summed E-state index contributed by atoms with van der Waals surface area (Å²) in [6.07, 6.45) is 3.50. The largest absolute Gasteiger partial charge is 0.369 e. The maximum absolute atomic E-state index is 12.1. The summed E-state index contributed by atoms with van der Waals surface area (Å²) in [7, 11) is 0. The van der Waals surface area contributed by atoms with E-state index in [4.69, 9.17) is 0 Å². The number of rotatable bonds is 0. The summed E-state index contributed by atoms with van der Waals surface area (Å²) in [5.74, 6) is 0. The topological polar surface area (TPSA) is 66.0 Å². The maximum atomic E-state index is 12.1. The Hall–Kier alpha value is -1.25. The molecule has 94 valence electrons. The highest BCUT2D eigenvalue weighted by Crippen LogP contribution is 2.50. The van der Waals surface area contributed by atoms with E-state index in [2.05, 4.69) is 6.07 Å². The van der Waals surface area contributed by atoms with Crippen molar-refractivity contribution in [3.05, 3.63) is 27.5 Å². The molecule has 0 bridgehead atoms. The molecule has 0 saturated heterocycles. The molecule has 2 heterocycles. The smallest absolute Gasteiger partial charge is 0.254 e. The zero-order valence-electron chi connectivity index (χ0n) is 10.1. The third kappa shape index (κ3) is 1.39. The summed E-state index contributed by atoms with van der Waals surface area (Å²) in [6, 6.07) is 3.61. The summed E-state index contributed by atoms with van der Waals surface area (Å²) < 4.78 is 1.45. The van der Waals surface area contributed by atoms with Gasteiger partial charge in [0, 0.05) is 6.07 Å². The number of pyridine rings is 1. The van der Waals surface area contributed by atoms with E-state index < -0.39 is 5.72 Å². The summed E-state index contributed by atoms with van der Waals surface area (Å²) in [6.45, 7) is 1.77. The van der Waals surface area contributed by atoms with Crippen LogP contribution in [-0.2, 0) is 5.72 Å². The average molecular weight is 262 g/mol. The molecule has 1 N–H and O–H groups in total. The number of aromatic nitrogens is 1. The van der Waals surface area contributed by atoms with Crippen molar-refractivity contribution in [2.45, 2.75) is 48.6 Å². The van der Waals surface area contributed by atoms with Crippen molar-refractivity contribution in [3.63, 3.8) is 0 Å². The summed E-state index contributed by atoms with van der Waals surface area (Å²) in [4.78, 5) is 12.1. The molecule has 18 heavy (non-hydrogen) atoms. The van der Waals surface area contributed by atoms with Gasteiger partial charge in [0.1, 0.15) is 6.07 Å². The molecule has 3 rings (SSSR count). The van der Waals surface area contributed by atoms with Crippen LogP contribution in [0.1, 0.15) is 36.8 Å². The Balaban J connectivity index is 2.29. The molecule has 1 aliphatic heterocycles. The van der Waals surface area contributed by atoms with Gasteiger partial charge in [-0.15, -0.1) is 0 Å². The number of nitriles is 1. The molecule has 2 aliphatic rings. The van der Waals surface area contributed by atoms with Crippen molar-refractivity contribution in [2.75, 3.05) is 0 Å². The molecule has 0 amide bonds. The van der Waals surface area contributed by atoms with Gasteiger partial charge in [0.25, 0.3) is 5.56 Å². The Morgan fingerprint density at radius 3 is 3.11 bits per heavy atom. The van der Waals surface area contributed by atoms with Gasteiger partial charge in [0.15, 0.2) is 5.72 Å². The zero-order valence-corrected chi connectivity index (χ0v) is 11.0. The van der Waals surface area contributed by atoms with Gasteiger partial charge in [-0.2, -0.15) is 5.26 Å². The molecule has 0 unspecified atom stereocenters. The Morgan fingerprint density at radius 1 is 1.61 bits per heavy atom. The van der Waals surface area contributed by atoms with Crippen molar-refractivity contribution in [1.82, 2.24) is 4.57 Å². The Morgan fingerprint density at radius 2 is 2.39 bits per heavy atom. The van der Waals surface area contributed by atoms with Gasteiger partial charge >= 0.3 is 0 Å². The normalized spacial score (nSPS) is 29.5. The molecule has 2 atom stereocenters. The van der Waals surface area contributed by atoms with E-state index in [0.717, 1.165) is 19.3 Å². The van der Waals surface area contributed by atoms with Gasteiger partial charge in [-0.3, -0.25) is 9.36 Å². The maximum Gasteiger partial charge on any atom is 0.254 e. The van der Waals surface area contributed by atoms with Gasteiger partial charge < -0.3 is 5.11 Å². The summed E-state index contributed by atoms with van der Waals surface area (Å²) in [5.41, 5.74) is -0.0546. The van der Waals surface area contributed by atoms with Crippen LogP contribution in [-0.4, -0.2) is 14.9 Å². The first-order valence-electron chi connectivity index (χ1n) is 6.14.